The van der Waals surface area contributed by atoms with E-state index in [0.717, 1.165) is 0 Å². The molecule has 0 radical (unpaired) electrons. The Morgan fingerprint density at radius 3 is 2.75 bits per heavy atom. The van der Waals surface area contributed by atoms with E-state index < -0.39 is 10.9 Å². The number of non-ortho nitro benzene ring substituents is 1. The van der Waals surface area contributed by atoms with E-state index in [1.165, 1.54) is 18.2 Å². The molecule has 0 aromatic heterocycles. The van der Waals surface area contributed by atoms with Crippen LogP contribution in [0.2, 0.25) is 0 Å². The minimum Gasteiger partial charge on any atom is -0.493 e. The number of carbonyl (C=O) groups is 1. The molecular weight excluding hydrogens is 214 g/mol. The Labute approximate surface area is 91.6 Å². The van der Waals surface area contributed by atoms with Gasteiger partial charge in [-0.05, 0) is 18.6 Å². The molecule has 0 aliphatic rings. The largest absolute Gasteiger partial charge is 0.493 e. The molecule has 0 spiro atoms. The van der Waals surface area contributed by atoms with Gasteiger partial charge in [-0.15, -0.1) is 0 Å². The minimum absolute atomic E-state index is 0.0110. The summed E-state index contributed by atoms with van der Waals surface area (Å²) in [5, 5.41) is 18.9. The molecule has 1 aromatic carbocycles. The first-order valence-corrected chi connectivity index (χ1v) is 4.60. The summed E-state index contributed by atoms with van der Waals surface area (Å²) in [4.78, 5) is 20.2. The third kappa shape index (κ3) is 3.23. The van der Waals surface area contributed by atoms with Gasteiger partial charge >= 0.3 is 5.97 Å². The third-order valence-corrected chi connectivity index (χ3v) is 1.94. The number of hydrogen-bond acceptors (Lipinski definition) is 4. The minimum atomic E-state index is -0.945. The van der Waals surface area contributed by atoms with Crippen molar-refractivity contribution in [3.8, 4) is 5.75 Å². The molecule has 0 bridgehead atoms. The molecule has 0 heterocycles. The number of nitro groups is 1. The molecule has 0 aliphatic heterocycles. The molecule has 16 heavy (non-hydrogen) atoms. The maximum absolute atomic E-state index is 10.5. The van der Waals surface area contributed by atoms with Crippen molar-refractivity contribution in [3.63, 3.8) is 0 Å². The second kappa shape index (κ2) is 5.11. The summed E-state index contributed by atoms with van der Waals surface area (Å²) >= 11 is 0. The maximum Gasteiger partial charge on any atom is 0.306 e. The molecule has 1 rings (SSSR count). The number of aryl methyl sites for hydroxylation is 1. The number of nitrogens with zero attached hydrogens (tertiary/aromatic N) is 1. The number of carboxylic acid groups (broad SMARTS) is 1. The summed E-state index contributed by atoms with van der Waals surface area (Å²) in [6.07, 6.45) is -0.101. The topological polar surface area (TPSA) is 89.7 Å². The van der Waals surface area contributed by atoms with E-state index in [1.54, 1.807) is 6.92 Å². The highest BCUT2D eigenvalue weighted by molar-refractivity contribution is 5.66. The Kier molecular flexibility index (Phi) is 3.82. The van der Waals surface area contributed by atoms with E-state index in [2.05, 4.69) is 0 Å². The van der Waals surface area contributed by atoms with E-state index in [0.29, 0.717) is 11.3 Å². The molecule has 0 aliphatic carbocycles. The van der Waals surface area contributed by atoms with E-state index in [-0.39, 0.29) is 18.7 Å². The van der Waals surface area contributed by atoms with Gasteiger partial charge in [0.05, 0.1) is 18.0 Å². The van der Waals surface area contributed by atoms with E-state index in [4.69, 9.17) is 9.84 Å². The molecule has 0 amide bonds. The summed E-state index contributed by atoms with van der Waals surface area (Å²) in [5.41, 5.74) is 0.600. The van der Waals surface area contributed by atoms with Gasteiger partial charge in [0.1, 0.15) is 5.75 Å². The van der Waals surface area contributed by atoms with Gasteiger partial charge < -0.3 is 9.84 Å². The second-order valence-corrected chi connectivity index (χ2v) is 3.20. The number of carboxylic acids is 1. The van der Waals surface area contributed by atoms with Gasteiger partial charge in [-0.25, -0.2) is 0 Å². The SMILES string of the molecule is Cc1cc([N+](=O)[O-])ccc1OCCC(=O)O. The predicted octanol–water partition coefficient (Wildman–Crippen LogP) is 1.76. The molecule has 0 unspecified atom stereocenters. The smallest absolute Gasteiger partial charge is 0.306 e. The zero-order valence-electron chi connectivity index (χ0n) is 8.67. The standard InChI is InChI=1S/C10H11NO5/c1-7-6-8(11(14)15)2-3-9(7)16-5-4-10(12)13/h2-3,6H,4-5H2,1H3,(H,12,13). The summed E-state index contributed by atoms with van der Waals surface area (Å²) in [6.45, 7) is 1.72. The lowest BCUT2D eigenvalue weighted by Gasteiger charge is -2.07. The molecule has 0 saturated heterocycles. The zero-order chi connectivity index (χ0) is 12.1. The van der Waals surface area contributed by atoms with Crippen LogP contribution in [-0.4, -0.2) is 22.6 Å². The van der Waals surface area contributed by atoms with Crippen LogP contribution in [0.25, 0.3) is 0 Å². The molecule has 0 saturated carbocycles. The van der Waals surface area contributed by atoms with Crippen LogP contribution in [0.1, 0.15) is 12.0 Å². The first-order chi connectivity index (χ1) is 7.50. The van der Waals surface area contributed by atoms with Crippen molar-refractivity contribution < 1.29 is 19.6 Å². The molecule has 0 fully saturated rings. The zero-order valence-corrected chi connectivity index (χ0v) is 8.67. The third-order valence-electron chi connectivity index (χ3n) is 1.94. The van der Waals surface area contributed by atoms with E-state index in [1.807, 2.05) is 0 Å². The summed E-state index contributed by atoms with van der Waals surface area (Å²) < 4.78 is 5.18. The van der Waals surface area contributed by atoms with Crippen molar-refractivity contribution in [1.29, 1.82) is 0 Å². The predicted molar refractivity (Wildman–Crippen MR) is 55.6 cm³/mol. The lowest BCUT2D eigenvalue weighted by atomic mass is 10.2. The van der Waals surface area contributed by atoms with Crippen molar-refractivity contribution in [2.24, 2.45) is 0 Å². The first-order valence-electron chi connectivity index (χ1n) is 4.60. The number of rotatable bonds is 5. The van der Waals surface area contributed by atoms with Crippen LogP contribution < -0.4 is 4.74 Å². The number of benzene rings is 1. The Bertz CT molecular complexity index is 416. The van der Waals surface area contributed by atoms with Crippen molar-refractivity contribution in [3.05, 3.63) is 33.9 Å². The molecular formula is C10H11NO5. The second-order valence-electron chi connectivity index (χ2n) is 3.20. The number of ether oxygens (including phenoxy) is 1. The Morgan fingerprint density at radius 2 is 2.25 bits per heavy atom. The molecule has 6 nitrogen and oxygen atoms in total. The average molecular weight is 225 g/mol. The summed E-state index contributed by atoms with van der Waals surface area (Å²) in [7, 11) is 0. The monoisotopic (exact) mass is 225 g/mol. The van der Waals surface area contributed by atoms with Crippen molar-refractivity contribution >= 4 is 11.7 Å². The van der Waals surface area contributed by atoms with Crippen LogP contribution in [0, 0.1) is 17.0 Å². The van der Waals surface area contributed by atoms with Crippen LogP contribution >= 0.6 is 0 Å². The normalized spacial score (nSPS) is 9.81. The quantitative estimate of drug-likeness (QED) is 0.609. The molecule has 86 valence electrons. The fourth-order valence-corrected chi connectivity index (χ4v) is 1.16. The van der Waals surface area contributed by atoms with Crippen LogP contribution in [0.15, 0.2) is 18.2 Å². The van der Waals surface area contributed by atoms with Gasteiger partial charge in [0, 0.05) is 12.1 Å². The molecule has 0 atom stereocenters. The van der Waals surface area contributed by atoms with Gasteiger partial charge in [-0.3, -0.25) is 14.9 Å². The lowest BCUT2D eigenvalue weighted by Crippen LogP contribution is -2.05. The van der Waals surface area contributed by atoms with Gasteiger partial charge in [-0.1, -0.05) is 0 Å². The van der Waals surface area contributed by atoms with Crippen molar-refractivity contribution in [2.45, 2.75) is 13.3 Å². The van der Waals surface area contributed by atoms with Gasteiger partial charge in [0.15, 0.2) is 0 Å². The highest BCUT2D eigenvalue weighted by atomic mass is 16.6. The summed E-state index contributed by atoms with van der Waals surface area (Å²) in [6, 6.07) is 4.18. The van der Waals surface area contributed by atoms with E-state index >= 15 is 0 Å². The number of nitro benzene ring substituents is 1. The van der Waals surface area contributed by atoms with Gasteiger partial charge in [-0.2, -0.15) is 0 Å². The van der Waals surface area contributed by atoms with Gasteiger partial charge in [0.2, 0.25) is 0 Å². The summed E-state index contributed by atoms with van der Waals surface area (Å²) in [5.74, 6) is -0.480. The van der Waals surface area contributed by atoms with Crippen molar-refractivity contribution in [2.75, 3.05) is 6.61 Å². The Morgan fingerprint density at radius 1 is 1.56 bits per heavy atom. The van der Waals surface area contributed by atoms with Crippen LogP contribution in [-0.2, 0) is 4.79 Å². The van der Waals surface area contributed by atoms with Crippen molar-refractivity contribution in [1.82, 2.24) is 0 Å². The van der Waals surface area contributed by atoms with Crippen LogP contribution in [0.3, 0.4) is 0 Å². The van der Waals surface area contributed by atoms with Crippen LogP contribution in [0.5, 0.6) is 5.75 Å². The fraction of sp³-hybridized carbons (Fsp3) is 0.300. The van der Waals surface area contributed by atoms with Crippen LogP contribution in [0.4, 0.5) is 5.69 Å². The number of hydrogen-bond donors (Lipinski definition) is 1. The average Bonchev–Trinajstić information content (AvgIpc) is 2.19. The number of aliphatic carboxylic acids is 1. The molecule has 6 heteroatoms. The molecule has 1 aromatic rings. The first kappa shape index (κ1) is 12.0. The highest BCUT2D eigenvalue weighted by Gasteiger charge is 2.08. The maximum atomic E-state index is 10.5. The molecule has 1 N–H and O–H groups in total. The Hall–Kier alpha value is -2.11. The lowest BCUT2D eigenvalue weighted by molar-refractivity contribution is -0.384. The fourth-order valence-electron chi connectivity index (χ4n) is 1.16. The van der Waals surface area contributed by atoms with E-state index in [9.17, 15) is 14.9 Å². The van der Waals surface area contributed by atoms with Gasteiger partial charge in [0.25, 0.3) is 5.69 Å². The Balaban J connectivity index is 2.68. The highest BCUT2D eigenvalue weighted by Crippen LogP contribution is 2.23.